The van der Waals surface area contributed by atoms with Crippen LogP contribution in [0.3, 0.4) is 0 Å². The Morgan fingerprint density at radius 1 is 1.33 bits per heavy atom. The first-order chi connectivity index (χ1) is 8.67. The highest BCUT2D eigenvalue weighted by molar-refractivity contribution is 7.98. The molecule has 18 heavy (non-hydrogen) atoms. The topological polar surface area (TPSA) is 66.6 Å². The molecule has 0 bridgehead atoms. The van der Waals surface area contributed by atoms with E-state index in [4.69, 9.17) is 10.8 Å². The summed E-state index contributed by atoms with van der Waals surface area (Å²) < 4.78 is 0. The average Bonchev–Trinajstić information content (AvgIpc) is 2.38. The normalized spacial score (nSPS) is 12.4. The number of rotatable bonds is 11. The molecule has 0 aromatic rings. The molecule has 0 saturated heterocycles. The number of nitrogens with zero attached hydrogens (tertiary/aromatic N) is 1. The van der Waals surface area contributed by atoms with Gasteiger partial charge in [-0.15, -0.1) is 0 Å². The quantitative estimate of drug-likeness (QED) is 0.561. The number of amides is 1. The third-order valence-electron chi connectivity index (χ3n) is 2.91. The Balaban J connectivity index is 4.08. The van der Waals surface area contributed by atoms with Gasteiger partial charge in [-0.25, -0.2) is 0 Å². The maximum Gasteiger partial charge on any atom is 0.239 e. The molecule has 0 aliphatic rings. The molecule has 1 amide bonds. The van der Waals surface area contributed by atoms with E-state index >= 15 is 0 Å². The number of aliphatic hydroxyl groups excluding tert-OH is 1. The van der Waals surface area contributed by atoms with Gasteiger partial charge in [-0.05, 0) is 24.9 Å². The first-order valence-electron chi connectivity index (χ1n) is 6.81. The Hall–Kier alpha value is -0.260. The van der Waals surface area contributed by atoms with Crippen LogP contribution in [0.1, 0.15) is 39.0 Å². The van der Waals surface area contributed by atoms with E-state index in [0.717, 1.165) is 18.6 Å². The number of carbonyl (C=O) groups excluding carboxylic acids is 1. The number of hydrogen-bond acceptors (Lipinski definition) is 4. The van der Waals surface area contributed by atoms with Crippen molar-refractivity contribution in [3.8, 4) is 0 Å². The maximum atomic E-state index is 12.1. The van der Waals surface area contributed by atoms with Gasteiger partial charge in [0.2, 0.25) is 5.91 Å². The Kier molecular flexibility index (Phi) is 11.6. The molecule has 5 heteroatoms. The lowest BCUT2D eigenvalue weighted by Gasteiger charge is -2.25. The SMILES string of the molecule is CCCCCCN(CCO)C(=O)[C@@H](N)CCSC. The molecule has 0 saturated carbocycles. The van der Waals surface area contributed by atoms with E-state index in [1.165, 1.54) is 12.8 Å². The smallest absolute Gasteiger partial charge is 0.239 e. The van der Waals surface area contributed by atoms with Crippen LogP contribution in [0, 0.1) is 0 Å². The molecule has 1 atom stereocenters. The zero-order chi connectivity index (χ0) is 13.8. The van der Waals surface area contributed by atoms with Gasteiger partial charge in [-0.1, -0.05) is 26.2 Å². The second-order valence-electron chi connectivity index (χ2n) is 4.50. The molecular formula is C13H28N2O2S. The summed E-state index contributed by atoms with van der Waals surface area (Å²) in [6.45, 7) is 3.29. The minimum atomic E-state index is -0.421. The summed E-state index contributed by atoms with van der Waals surface area (Å²) in [5, 5.41) is 9.01. The fourth-order valence-corrected chi connectivity index (χ4v) is 2.27. The molecular weight excluding hydrogens is 248 g/mol. The number of aliphatic hydroxyl groups is 1. The van der Waals surface area contributed by atoms with Crippen LogP contribution in [0.5, 0.6) is 0 Å². The molecule has 0 aromatic heterocycles. The van der Waals surface area contributed by atoms with Crippen LogP contribution >= 0.6 is 11.8 Å². The summed E-state index contributed by atoms with van der Waals surface area (Å²) in [6.07, 6.45) is 7.21. The van der Waals surface area contributed by atoms with E-state index in [9.17, 15) is 4.79 Å². The van der Waals surface area contributed by atoms with Crippen molar-refractivity contribution in [1.82, 2.24) is 4.90 Å². The molecule has 0 fully saturated rings. The Bertz CT molecular complexity index is 215. The molecule has 0 aliphatic carbocycles. The van der Waals surface area contributed by atoms with Crippen molar-refractivity contribution in [1.29, 1.82) is 0 Å². The van der Waals surface area contributed by atoms with Crippen molar-refractivity contribution < 1.29 is 9.90 Å². The van der Waals surface area contributed by atoms with Crippen molar-refractivity contribution >= 4 is 17.7 Å². The van der Waals surface area contributed by atoms with Crippen LogP contribution in [0.25, 0.3) is 0 Å². The fourth-order valence-electron chi connectivity index (χ4n) is 1.79. The molecule has 108 valence electrons. The van der Waals surface area contributed by atoms with Gasteiger partial charge in [0, 0.05) is 13.1 Å². The molecule has 0 heterocycles. The average molecular weight is 276 g/mol. The van der Waals surface area contributed by atoms with Crippen LogP contribution in [0.15, 0.2) is 0 Å². The first kappa shape index (κ1) is 17.7. The maximum absolute atomic E-state index is 12.1. The highest BCUT2D eigenvalue weighted by Crippen LogP contribution is 2.06. The van der Waals surface area contributed by atoms with Crippen molar-refractivity contribution in [3.63, 3.8) is 0 Å². The monoisotopic (exact) mass is 276 g/mol. The van der Waals surface area contributed by atoms with Crippen LogP contribution in [0.4, 0.5) is 0 Å². The summed E-state index contributed by atoms with van der Waals surface area (Å²) in [4.78, 5) is 13.8. The van der Waals surface area contributed by atoms with Gasteiger partial charge in [0.05, 0.1) is 12.6 Å². The number of unbranched alkanes of at least 4 members (excludes halogenated alkanes) is 3. The highest BCUT2D eigenvalue weighted by atomic mass is 32.2. The molecule has 0 radical (unpaired) electrons. The molecule has 0 aliphatic heterocycles. The zero-order valence-corrected chi connectivity index (χ0v) is 12.5. The number of thioether (sulfide) groups is 1. The minimum Gasteiger partial charge on any atom is -0.395 e. The Morgan fingerprint density at radius 2 is 2.06 bits per heavy atom. The van der Waals surface area contributed by atoms with Gasteiger partial charge >= 0.3 is 0 Å². The van der Waals surface area contributed by atoms with Crippen LogP contribution < -0.4 is 5.73 Å². The van der Waals surface area contributed by atoms with Crippen molar-refractivity contribution in [3.05, 3.63) is 0 Å². The zero-order valence-electron chi connectivity index (χ0n) is 11.7. The van der Waals surface area contributed by atoms with Gasteiger partial charge in [0.25, 0.3) is 0 Å². The Labute approximate surface area is 115 Å². The largest absolute Gasteiger partial charge is 0.395 e. The van der Waals surface area contributed by atoms with Gasteiger partial charge in [0.15, 0.2) is 0 Å². The standard InChI is InChI=1S/C13H28N2O2S/c1-3-4-5-6-8-15(9-10-16)13(17)12(14)7-11-18-2/h12,16H,3-11,14H2,1-2H3/t12-/m0/s1. The summed E-state index contributed by atoms with van der Waals surface area (Å²) in [7, 11) is 0. The fraction of sp³-hybridized carbons (Fsp3) is 0.923. The first-order valence-corrected chi connectivity index (χ1v) is 8.20. The van der Waals surface area contributed by atoms with Gasteiger partial charge in [0.1, 0.15) is 0 Å². The molecule has 0 unspecified atom stereocenters. The van der Waals surface area contributed by atoms with E-state index in [1.54, 1.807) is 16.7 Å². The number of hydrogen-bond donors (Lipinski definition) is 2. The summed E-state index contributed by atoms with van der Waals surface area (Å²) in [6, 6.07) is -0.421. The minimum absolute atomic E-state index is 0.00870. The van der Waals surface area contributed by atoms with Crippen molar-refractivity contribution in [2.75, 3.05) is 31.7 Å². The van der Waals surface area contributed by atoms with Crippen LogP contribution in [0.2, 0.25) is 0 Å². The summed E-state index contributed by atoms with van der Waals surface area (Å²) >= 11 is 1.70. The molecule has 0 rings (SSSR count). The second-order valence-corrected chi connectivity index (χ2v) is 5.48. The summed E-state index contributed by atoms with van der Waals surface area (Å²) in [5.41, 5.74) is 5.88. The van der Waals surface area contributed by atoms with Gasteiger partial charge < -0.3 is 15.7 Å². The summed E-state index contributed by atoms with van der Waals surface area (Å²) in [5.74, 6) is 0.880. The van der Waals surface area contributed by atoms with Crippen molar-refractivity contribution in [2.45, 2.75) is 45.1 Å². The van der Waals surface area contributed by atoms with Crippen LogP contribution in [-0.2, 0) is 4.79 Å². The number of carbonyl (C=O) groups is 1. The highest BCUT2D eigenvalue weighted by Gasteiger charge is 2.19. The second kappa shape index (κ2) is 11.8. The van der Waals surface area contributed by atoms with E-state index in [1.807, 2.05) is 6.26 Å². The van der Waals surface area contributed by atoms with Crippen LogP contribution in [-0.4, -0.2) is 53.7 Å². The van der Waals surface area contributed by atoms with E-state index in [2.05, 4.69) is 6.92 Å². The lowest BCUT2D eigenvalue weighted by molar-refractivity contribution is -0.133. The van der Waals surface area contributed by atoms with E-state index < -0.39 is 6.04 Å². The molecule has 0 spiro atoms. The third kappa shape index (κ3) is 7.95. The number of nitrogens with two attached hydrogens (primary N) is 1. The van der Waals surface area contributed by atoms with E-state index in [-0.39, 0.29) is 12.5 Å². The molecule has 0 aromatic carbocycles. The van der Waals surface area contributed by atoms with E-state index in [0.29, 0.717) is 19.5 Å². The van der Waals surface area contributed by atoms with Crippen molar-refractivity contribution in [2.24, 2.45) is 5.73 Å². The predicted molar refractivity (Wildman–Crippen MR) is 78.8 cm³/mol. The van der Waals surface area contributed by atoms with Gasteiger partial charge in [-0.3, -0.25) is 4.79 Å². The lowest BCUT2D eigenvalue weighted by Crippen LogP contribution is -2.45. The lowest BCUT2D eigenvalue weighted by atomic mass is 10.1. The Morgan fingerprint density at radius 3 is 2.61 bits per heavy atom. The molecule has 4 nitrogen and oxygen atoms in total. The molecule has 3 N–H and O–H groups in total. The predicted octanol–water partition coefficient (Wildman–Crippen LogP) is 1.47. The van der Waals surface area contributed by atoms with Gasteiger partial charge in [-0.2, -0.15) is 11.8 Å². The third-order valence-corrected chi connectivity index (χ3v) is 3.56.